The molecule has 0 unspecified atom stereocenters. The molecule has 0 spiro atoms. The van der Waals surface area contributed by atoms with Crippen LogP contribution in [0.3, 0.4) is 0 Å². The quantitative estimate of drug-likeness (QED) is 0.454. The van der Waals surface area contributed by atoms with Gasteiger partial charge < -0.3 is 0 Å². The lowest BCUT2D eigenvalue weighted by Crippen LogP contribution is -1.95. The van der Waals surface area contributed by atoms with Crippen LogP contribution in [0.2, 0.25) is 0 Å². The molecule has 0 heterocycles. The van der Waals surface area contributed by atoms with E-state index in [1.54, 1.807) is 0 Å². The van der Waals surface area contributed by atoms with Gasteiger partial charge in [0, 0.05) is 8.96 Å². The molecular formula is C18H22Br2. The Hall–Kier alpha value is -0.600. The van der Waals surface area contributed by atoms with Crippen LogP contribution in [0.25, 0.3) is 0 Å². The summed E-state index contributed by atoms with van der Waals surface area (Å²) in [6, 6.07) is 6.66. The number of rotatable bonds is 0. The van der Waals surface area contributed by atoms with Crippen molar-refractivity contribution in [2.45, 2.75) is 39.5 Å². The van der Waals surface area contributed by atoms with Crippen LogP contribution in [-0.4, -0.2) is 0 Å². The molecular weight excluding hydrogens is 376 g/mol. The van der Waals surface area contributed by atoms with Gasteiger partial charge in [-0.15, -0.1) is 0 Å². The highest BCUT2D eigenvalue weighted by atomic mass is 79.9. The Kier molecular flexibility index (Phi) is 7.53. The maximum absolute atomic E-state index is 4.13. The van der Waals surface area contributed by atoms with Crippen LogP contribution in [-0.2, 0) is 12.8 Å². The number of allylic oxidation sites excluding steroid dienone is 4. The van der Waals surface area contributed by atoms with E-state index in [1.807, 2.05) is 13.8 Å². The van der Waals surface area contributed by atoms with Crippen molar-refractivity contribution in [2.24, 2.45) is 0 Å². The van der Waals surface area contributed by atoms with Gasteiger partial charge in [-0.25, -0.2) is 0 Å². The molecule has 3 rings (SSSR count). The molecule has 2 aliphatic rings. The minimum absolute atomic E-state index is 0.968. The highest BCUT2D eigenvalue weighted by Gasteiger charge is 2.07. The van der Waals surface area contributed by atoms with Crippen molar-refractivity contribution >= 4 is 31.9 Å². The Labute approximate surface area is 139 Å². The molecule has 0 fully saturated rings. The first-order valence-corrected chi connectivity index (χ1v) is 8.65. The molecule has 20 heavy (non-hydrogen) atoms. The lowest BCUT2D eigenvalue weighted by Gasteiger charge is -2.12. The second-order valence-electron chi connectivity index (χ2n) is 4.68. The zero-order valence-electron chi connectivity index (χ0n) is 12.3. The first-order valence-electron chi connectivity index (χ1n) is 7.06. The summed E-state index contributed by atoms with van der Waals surface area (Å²) >= 11 is 7.25. The fraction of sp³-hybridized carbons (Fsp3) is 0.333. The van der Waals surface area contributed by atoms with Gasteiger partial charge in [-0.2, -0.15) is 0 Å². The summed E-state index contributed by atoms with van der Waals surface area (Å²) in [6.07, 6.45) is 6.08. The van der Waals surface area contributed by atoms with E-state index < -0.39 is 0 Å². The lowest BCUT2D eigenvalue weighted by atomic mass is 9.98. The second kappa shape index (κ2) is 8.63. The predicted molar refractivity (Wildman–Crippen MR) is 97.4 cm³/mol. The molecule has 0 atom stereocenters. The van der Waals surface area contributed by atoms with Gasteiger partial charge in [-0.1, -0.05) is 76.6 Å². The Morgan fingerprint density at radius 2 is 1.65 bits per heavy atom. The van der Waals surface area contributed by atoms with E-state index in [4.69, 9.17) is 0 Å². The molecule has 0 nitrogen and oxygen atoms in total. The van der Waals surface area contributed by atoms with Gasteiger partial charge in [-0.05, 0) is 54.5 Å². The van der Waals surface area contributed by atoms with Crippen LogP contribution in [0.5, 0.6) is 0 Å². The summed E-state index contributed by atoms with van der Waals surface area (Å²) in [4.78, 5) is 0. The molecule has 0 saturated heterocycles. The maximum atomic E-state index is 4.13. The number of hydrogen-bond donors (Lipinski definition) is 0. The van der Waals surface area contributed by atoms with Crippen molar-refractivity contribution in [3.63, 3.8) is 0 Å². The van der Waals surface area contributed by atoms with E-state index in [2.05, 4.69) is 69.3 Å². The monoisotopic (exact) mass is 396 g/mol. The van der Waals surface area contributed by atoms with Crippen molar-refractivity contribution in [2.75, 3.05) is 0 Å². The molecule has 0 radical (unpaired) electrons. The average Bonchev–Trinajstić information content (AvgIpc) is 2.44. The third-order valence-corrected chi connectivity index (χ3v) is 4.74. The van der Waals surface area contributed by atoms with Crippen molar-refractivity contribution in [1.29, 1.82) is 0 Å². The van der Waals surface area contributed by atoms with E-state index >= 15 is 0 Å². The lowest BCUT2D eigenvalue weighted by molar-refractivity contribution is 0.931. The van der Waals surface area contributed by atoms with Crippen molar-refractivity contribution < 1.29 is 0 Å². The van der Waals surface area contributed by atoms with E-state index in [9.17, 15) is 0 Å². The average molecular weight is 398 g/mol. The summed E-state index contributed by atoms with van der Waals surface area (Å²) in [5, 5.41) is 0. The predicted octanol–water partition coefficient (Wildman–Crippen LogP) is 6.75. The zero-order valence-corrected chi connectivity index (χ0v) is 15.5. The number of hydrogen-bond acceptors (Lipinski definition) is 0. The summed E-state index contributed by atoms with van der Waals surface area (Å²) in [7, 11) is 0. The maximum Gasteiger partial charge on any atom is 0.0210 e. The fourth-order valence-corrected chi connectivity index (χ4v) is 3.16. The van der Waals surface area contributed by atoms with Crippen molar-refractivity contribution in [1.82, 2.24) is 0 Å². The van der Waals surface area contributed by atoms with E-state index in [0.717, 1.165) is 41.3 Å². The van der Waals surface area contributed by atoms with Crippen molar-refractivity contribution in [3.05, 3.63) is 68.7 Å². The van der Waals surface area contributed by atoms with E-state index in [-0.39, 0.29) is 0 Å². The molecule has 1 aromatic carbocycles. The van der Waals surface area contributed by atoms with Crippen LogP contribution < -0.4 is 0 Å². The molecule has 0 N–H and O–H groups in total. The molecule has 0 amide bonds. The first-order chi connectivity index (χ1) is 9.56. The largest absolute Gasteiger partial charge is 0.0958 e. The van der Waals surface area contributed by atoms with E-state index in [1.165, 1.54) is 15.6 Å². The van der Waals surface area contributed by atoms with Crippen LogP contribution in [0.1, 0.15) is 37.8 Å². The molecule has 0 saturated carbocycles. The van der Waals surface area contributed by atoms with E-state index in [0.29, 0.717) is 0 Å². The molecule has 0 aliphatic heterocycles. The highest BCUT2D eigenvalue weighted by molar-refractivity contribution is 9.12. The Bertz CT molecular complexity index is 524. The van der Waals surface area contributed by atoms with Gasteiger partial charge in [0.1, 0.15) is 0 Å². The first kappa shape index (κ1) is 17.5. The number of fused-ring (bicyclic) bond motifs is 8. The van der Waals surface area contributed by atoms with Crippen LogP contribution >= 0.6 is 31.9 Å². The molecule has 1 aromatic rings. The van der Waals surface area contributed by atoms with Gasteiger partial charge >= 0.3 is 0 Å². The number of aryl methyl sites for hydroxylation is 2. The topological polar surface area (TPSA) is 0 Å². The number of halogens is 2. The molecule has 108 valence electrons. The van der Waals surface area contributed by atoms with Gasteiger partial charge in [0.05, 0.1) is 0 Å². The minimum atomic E-state index is 0.968. The molecule has 2 aliphatic carbocycles. The molecule has 2 heteroatoms. The summed E-state index contributed by atoms with van der Waals surface area (Å²) < 4.78 is 2.30. The second-order valence-corrected chi connectivity index (χ2v) is 6.39. The normalized spacial score (nSPS) is 18.3. The third-order valence-electron chi connectivity index (χ3n) is 3.22. The van der Waals surface area contributed by atoms with Crippen LogP contribution in [0.4, 0.5) is 0 Å². The Morgan fingerprint density at radius 1 is 0.950 bits per heavy atom. The zero-order chi connectivity index (χ0) is 15.1. The summed E-state index contributed by atoms with van der Waals surface area (Å²) in [5.74, 6) is 0. The molecule has 0 aromatic heterocycles. The highest BCUT2D eigenvalue weighted by Crippen LogP contribution is 2.27. The van der Waals surface area contributed by atoms with Crippen LogP contribution in [0, 0.1) is 0 Å². The minimum Gasteiger partial charge on any atom is -0.0958 e. The number of benzene rings is 1. The summed E-state index contributed by atoms with van der Waals surface area (Å²) in [6.45, 7) is 12.2. The van der Waals surface area contributed by atoms with Crippen molar-refractivity contribution in [3.8, 4) is 0 Å². The third kappa shape index (κ3) is 5.06. The standard InChI is InChI=1S/C16H16Br2.C2H6/c1-11-3-7-14-8-6-13(10-16(14)18)5-4-12(2)15(17)9-11;1-2/h6,8-10H,1-5,7H2;1-2H3/b15-9+;. The summed E-state index contributed by atoms with van der Waals surface area (Å²) in [5.41, 5.74) is 4.98. The SMILES string of the molecule is C=C1/C=C(/Br)C(=C)CCc2ccc(c(Br)c2)CC1.CC. The Morgan fingerprint density at radius 3 is 2.30 bits per heavy atom. The van der Waals surface area contributed by atoms with Gasteiger partial charge in [0.15, 0.2) is 0 Å². The van der Waals surface area contributed by atoms with Crippen LogP contribution in [0.15, 0.2) is 57.5 Å². The Balaban J connectivity index is 0.000000956. The molecule has 2 bridgehead atoms. The van der Waals surface area contributed by atoms with Gasteiger partial charge in [-0.3, -0.25) is 0 Å². The van der Waals surface area contributed by atoms with Gasteiger partial charge in [0.2, 0.25) is 0 Å². The van der Waals surface area contributed by atoms with Gasteiger partial charge in [0.25, 0.3) is 0 Å². The fourth-order valence-electron chi connectivity index (χ4n) is 2.01. The smallest absolute Gasteiger partial charge is 0.0210 e.